The van der Waals surface area contributed by atoms with E-state index in [0.717, 1.165) is 29.9 Å². The van der Waals surface area contributed by atoms with E-state index in [-0.39, 0.29) is 12.1 Å². The molecule has 0 spiro atoms. The van der Waals surface area contributed by atoms with Crippen molar-refractivity contribution in [2.75, 3.05) is 13.7 Å². The van der Waals surface area contributed by atoms with E-state index in [1.165, 1.54) is 7.11 Å². The molecule has 24 heavy (non-hydrogen) atoms. The highest BCUT2D eigenvalue weighted by molar-refractivity contribution is 6.16. The number of rotatable bonds is 4. The van der Waals surface area contributed by atoms with Crippen molar-refractivity contribution in [1.29, 1.82) is 0 Å². The van der Waals surface area contributed by atoms with Gasteiger partial charge in [-0.15, -0.1) is 11.6 Å². The fourth-order valence-electron chi connectivity index (χ4n) is 2.36. The van der Waals surface area contributed by atoms with Gasteiger partial charge >= 0.3 is 5.97 Å². The van der Waals surface area contributed by atoms with Crippen molar-refractivity contribution in [3.63, 3.8) is 0 Å². The van der Waals surface area contributed by atoms with Gasteiger partial charge in [0.05, 0.1) is 42.2 Å². The van der Waals surface area contributed by atoms with Crippen molar-refractivity contribution < 1.29 is 14.3 Å². The molecular formula is C18H27ClN2O3. The van der Waals surface area contributed by atoms with E-state index in [1.807, 2.05) is 38.3 Å². The number of nitrogens with zero attached hydrogens (tertiary/aromatic N) is 2. The normalized spacial score (nSPS) is 15.5. The first-order valence-electron chi connectivity index (χ1n) is 8.48. The Kier molecular flexibility index (Phi) is 8.79. The van der Waals surface area contributed by atoms with Gasteiger partial charge in [0.1, 0.15) is 5.82 Å². The van der Waals surface area contributed by atoms with Crippen molar-refractivity contribution >= 4 is 28.6 Å². The second kappa shape index (κ2) is 10.3. The third-order valence-corrected chi connectivity index (χ3v) is 3.79. The van der Waals surface area contributed by atoms with Crippen molar-refractivity contribution in [3.05, 3.63) is 29.6 Å². The maximum atomic E-state index is 11.6. The number of hydrogen-bond acceptors (Lipinski definition) is 4. The minimum absolute atomic E-state index is 0.205. The van der Waals surface area contributed by atoms with Gasteiger partial charge in [0, 0.05) is 6.61 Å². The molecule has 1 fully saturated rings. The smallest absolute Gasteiger partial charge is 0.337 e. The molecule has 3 rings (SSSR count). The van der Waals surface area contributed by atoms with Gasteiger partial charge in [-0.05, 0) is 24.6 Å². The summed E-state index contributed by atoms with van der Waals surface area (Å²) in [5, 5.41) is 0. The molecule has 1 atom stereocenters. The maximum Gasteiger partial charge on any atom is 0.337 e. The predicted octanol–water partition coefficient (Wildman–Crippen LogP) is 4.40. The summed E-state index contributed by atoms with van der Waals surface area (Å²) in [5.74, 6) is 0.765. The molecule has 0 bridgehead atoms. The highest BCUT2D eigenvalue weighted by Crippen LogP contribution is 2.23. The standard InChI is InChI=1S/C14H15ClN2O3.2C2H6/c1-19-14(18)9-2-3-11-12(6-9)17(13(7-15)16-11)8-10-4-5-20-10;2*1-2/h2-3,6,10H,4-5,7-8H2,1H3;2*1-2H3. The molecule has 1 aromatic carbocycles. The Morgan fingerprint density at radius 1 is 1.38 bits per heavy atom. The molecule has 0 N–H and O–H groups in total. The molecule has 0 amide bonds. The van der Waals surface area contributed by atoms with Gasteiger partial charge in [-0.3, -0.25) is 0 Å². The largest absolute Gasteiger partial charge is 0.465 e. The van der Waals surface area contributed by atoms with Crippen LogP contribution in [0.2, 0.25) is 0 Å². The summed E-state index contributed by atoms with van der Waals surface area (Å²) in [7, 11) is 1.37. The lowest BCUT2D eigenvalue weighted by atomic mass is 10.1. The number of carbonyl (C=O) groups excluding carboxylic acids is 1. The molecular weight excluding hydrogens is 328 g/mol. The number of aromatic nitrogens is 2. The first-order valence-corrected chi connectivity index (χ1v) is 9.01. The van der Waals surface area contributed by atoms with Crippen LogP contribution in [0.4, 0.5) is 0 Å². The van der Waals surface area contributed by atoms with E-state index < -0.39 is 0 Å². The maximum absolute atomic E-state index is 11.6. The molecule has 1 aliphatic rings. The second-order valence-corrected chi connectivity index (χ2v) is 5.02. The Morgan fingerprint density at radius 3 is 2.54 bits per heavy atom. The summed E-state index contributed by atoms with van der Waals surface area (Å²) in [5.41, 5.74) is 2.23. The van der Waals surface area contributed by atoms with Gasteiger partial charge in [-0.25, -0.2) is 9.78 Å². The quantitative estimate of drug-likeness (QED) is 0.603. The van der Waals surface area contributed by atoms with E-state index in [1.54, 1.807) is 12.1 Å². The molecule has 0 aliphatic carbocycles. The molecule has 0 saturated carbocycles. The van der Waals surface area contributed by atoms with Crippen LogP contribution in [0.15, 0.2) is 18.2 Å². The Labute approximate surface area is 148 Å². The van der Waals surface area contributed by atoms with E-state index in [9.17, 15) is 4.79 Å². The van der Waals surface area contributed by atoms with Crippen LogP contribution in [-0.2, 0) is 21.9 Å². The number of halogens is 1. The molecule has 2 aromatic rings. The number of alkyl halides is 1. The average Bonchev–Trinajstić information content (AvgIpc) is 2.97. The van der Waals surface area contributed by atoms with Gasteiger partial charge in [0.15, 0.2) is 0 Å². The van der Waals surface area contributed by atoms with Crippen molar-refractivity contribution in [2.45, 2.75) is 52.6 Å². The van der Waals surface area contributed by atoms with E-state index in [4.69, 9.17) is 21.1 Å². The van der Waals surface area contributed by atoms with Crippen LogP contribution in [0.3, 0.4) is 0 Å². The zero-order valence-electron chi connectivity index (χ0n) is 15.1. The summed E-state index contributed by atoms with van der Waals surface area (Å²) < 4.78 is 12.2. The van der Waals surface area contributed by atoms with Crippen LogP contribution in [-0.4, -0.2) is 35.3 Å². The molecule has 6 heteroatoms. The number of methoxy groups -OCH3 is 1. The van der Waals surface area contributed by atoms with Gasteiger partial charge in [0.25, 0.3) is 0 Å². The molecule has 1 aliphatic heterocycles. The summed E-state index contributed by atoms with van der Waals surface area (Å²) in [6, 6.07) is 5.32. The predicted molar refractivity (Wildman–Crippen MR) is 97.7 cm³/mol. The highest BCUT2D eigenvalue weighted by atomic mass is 35.5. The molecule has 0 radical (unpaired) electrons. The van der Waals surface area contributed by atoms with E-state index in [2.05, 4.69) is 4.98 Å². The number of esters is 1. The summed E-state index contributed by atoms with van der Waals surface area (Å²) in [6.07, 6.45) is 1.24. The highest BCUT2D eigenvalue weighted by Gasteiger charge is 2.22. The van der Waals surface area contributed by atoms with Crippen LogP contribution in [0, 0.1) is 0 Å². The minimum Gasteiger partial charge on any atom is -0.465 e. The molecule has 1 unspecified atom stereocenters. The zero-order valence-corrected chi connectivity index (χ0v) is 15.9. The second-order valence-electron chi connectivity index (χ2n) is 4.75. The van der Waals surface area contributed by atoms with Gasteiger partial charge < -0.3 is 14.0 Å². The third-order valence-electron chi connectivity index (χ3n) is 3.55. The monoisotopic (exact) mass is 354 g/mol. The SMILES string of the molecule is CC.CC.COC(=O)c1ccc2nc(CCl)n(CC3CCO3)c2c1. The number of hydrogen-bond donors (Lipinski definition) is 0. The lowest BCUT2D eigenvalue weighted by Crippen LogP contribution is -2.31. The molecule has 5 nitrogen and oxygen atoms in total. The van der Waals surface area contributed by atoms with E-state index >= 15 is 0 Å². The number of carbonyl (C=O) groups is 1. The van der Waals surface area contributed by atoms with Crippen molar-refractivity contribution in [3.8, 4) is 0 Å². The number of imidazole rings is 1. The minimum atomic E-state index is -0.355. The van der Waals surface area contributed by atoms with Crippen LogP contribution in [0.25, 0.3) is 11.0 Å². The zero-order chi connectivity index (χ0) is 18.1. The Balaban J connectivity index is 0.000000671. The number of ether oxygens (including phenoxy) is 2. The van der Waals surface area contributed by atoms with Gasteiger partial charge in [0.2, 0.25) is 0 Å². The third kappa shape index (κ3) is 4.48. The van der Waals surface area contributed by atoms with E-state index in [0.29, 0.717) is 18.0 Å². The Hall–Kier alpha value is -1.59. The molecule has 134 valence electrons. The number of fused-ring (bicyclic) bond motifs is 1. The topological polar surface area (TPSA) is 53.3 Å². The van der Waals surface area contributed by atoms with Crippen LogP contribution in [0.1, 0.15) is 50.3 Å². The fourth-order valence-corrected chi connectivity index (χ4v) is 2.56. The lowest BCUT2D eigenvalue weighted by molar-refractivity contribution is -0.0589. The van der Waals surface area contributed by atoms with Gasteiger partial charge in [-0.1, -0.05) is 27.7 Å². The summed E-state index contributed by atoms with van der Waals surface area (Å²) in [4.78, 5) is 16.1. The Bertz CT molecular complexity index is 651. The fraction of sp³-hybridized carbons (Fsp3) is 0.556. The van der Waals surface area contributed by atoms with Crippen LogP contribution >= 0.6 is 11.6 Å². The van der Waals surface area contributed by atoms with Crippen molar-refractivity contribution in [1.82, 2.24) is 9.55 Å². The Morgan fingerprint density at radius 2 is 2.04 bits per heavy atom. The first-order chi connectivity index (χ1) is 11.7. The van der Waals surface area contributed by atoms with Crippen LogP contribution < -0.4 is 0 Å². The summed E-state index contributed by atoms with van der Waals surface area (Å²) >= 11 is 5.96. The molecule has 1 aromatic heterocycles. The molecule has 1 saturated heterocycles. The summed E-state index contributed by atoms with van der Waals surface area (Å²) in [6.45, 7) is 9.52. The number of benzene rings is 1. The lowest BCUT2D eigenvalue weighted by Gasteiger charge is -2.27. The first kappa shape index (κ1) is 20.5. The van der Waals surface area contributed by atoms with Gasteiger partial charge in [-0.2, -0.15) is 0 Å². The molecule has 2 heterocycles. The van der Waals surface area contributed by atoms with Crippen molar-refractivity contribution in [2.24, 2.45) is 0 Å². The average molecular weight is 355 g/mol. The van der Waals surface area contributed by atoms with Crippen LogP contribution in [0.5, 0.6) is 0 Å².